The fourth-order valence-corrected chi connectivity index (χ4v) is 2.40. The maximum absolute atomic E-state index is 6.21. The summed E-state index contributed by atoms with van der Waals surface area (Å²) in [5.41, 5.74) is 9.28. The smallest absolute Gasteiger partial charge is 0.130 e. The second-order valence-electron chi connectivity index (χ2n) is 5.59. The van der Waals surface area contributed by atoms with Crippen LogP contribution in [0.2, 0.25) is 0 Å². The van der Waals surface area contributed by atoms with Crippen molar-refractivity contribution in [2.45, 2.75) is 39.5 Å². The molecule has 0 saturated carbocycles. The van der Waals surface area contributed by atoms with Gasteiger partial charge in [0.2, 0.25) is 0 Å². The molecular formula is C19H25NO. The minimum absolute atomic E-state index is 0.494. The van der Waals surface area contributed by atoms with Crippen LogP contribution < -0.4 is 10.5 Å². The quantitative estimate of drug-likeness (QED) is 0.826. The molecule has 0 bridgehead atoms. The van der Waals surface area contributed by atoms with Crippen molar-refractivity contribution in [3.8, 4) is 11.5 Å². The van der Waals surface area contributed by atoms with E-state index in [1.807, 2.05) is 6.07 Å². The van der Waals surface area contributed by atoms with Gasteiger partial charge >= 0.3 is 0 Å². The molecule has 2 aromatic rings. The Kier molecular flexibility index (Phi) is 5.40. The van der Waals surface area contributed by atoms with E-state index in [0.29, 0.717) is 12.5 Å². The van der Waals surface area contributed by atoms with Gasteiger partial charge in [-0.3, -0.25) is 0 Å². The van der Waals surface area contributed by atoms with Gasteiger partial charge in [-0.2, -0.15) is 0 Å². The van der Waals surface area contributed by atoms with E-state index in [1.165, 1.54) is 11.1 Å². The molecule has 0 aliphatic rings. The van der Waals surface area contributed by atoms with E-state index in [9.17, 15) is 0 Å². The molecule has 2 aromatic carbocycles. The molecule has 0 radical (unpaired) electrons. The van der Waals surface area contributed by atoms with Crippen molar-refractivity contribution in [2.24, 2.45) is 5.73 Å². The fraction of sp³-hybridized carbons (Fsp3) is 0.368. The van der Waals surface area contributed by atoms with Crippen LogP contribution in [-0.2, 0) is 6.42 Å². The Morgan fingerprint density at radius 1 is 1.10 bits per heavy atom. The highest BCUT2D eigenvalue weighted by Gasteiger charge is 2.11. The van der Waals surface area contributed by atoms with E-state index in [1.54, 1.807) is 0 Å². The molecule has 2 N–H and O–H groups in total. The molecule has 0 spiro atoms. The van der Waals surface area contributed by atoms with Crippen LogP contribution in [0.4, 0.5) is 0 Å². The highest BCUT2D eigenvalue weighted by molar-refractivity contribution is 5.43. The molecule has 2 rings (SSSR count). The molecule has 112 valence electrons. The normalized spacial score (nSPS) is 12.2. The standard InChI is InChI=1S/C19H25NO/c1-4-14(2)17-7-5-6-8-18(17)21-19-13-16(11-12-20)10-9-15(19)3/h5-10,13-14H,4,11-12,20H2,1-3H3. The highest BCUT2D eigenvalue weighted by atomic mass is 16.5. The molecule has 1 unspecified atom stereocenters. The van der Waals surface area contributed by atoms with Gasteiger partial charge in [0, 0.05) is 0 Å². The molecule has 0 saturated heterocycles. The van der Waals surface area contributed by atoms with Gasteiger partial charge in [0.15, 0.2) is 0 Å². The van der Waals surface area contributed by atoms with E-state index in [-0.39, 0.29) is 0 Å². The molecule has 0 heterocycles. The minimum Gasteiger partial charge on any atom is -0.457 e. The van der Waals surface area contributed by atoms with Crippen molar-refractivity contribution >= 4 is 0 Å². The first-order chi connectivity index (χ1) is 10.2. The first kappa shape index (κ1) is 15.6. The lowest BCUT2D eigenvalue weighted by Crippen LogP contribution is -2.03. The Labute approximate surface area is 127 Å². The molecule has 0 amide bonds. The van der Waals surface area contributed by atoms with E-state index in [0.717, 1.165) is 29.9 Å². The van der Waals surface area contributed by atoms with E-state index in [2.05, 4.69) is 57.2 Å². The zero-order valence-corrected chi connectivity index (χ0v) is 13.2. The van der Waals surface area contributed by atoms with Crippen molar-refractivity contribution in [1.82, 2.24) is 0 Å². The van der Waals surface area contributed by atoms with Crippen LogP contribution in [0.25, 0.3) is 0 Å². The van der Waals surface area contributed by atoms with Crippen LogP contribution in [0.5, 0.6) is 11.5 Å². The largest absolute Gasteiger partial charge is 0.457 e. The molecule has 21 heavy (non-hydrogen) atoms. The summed E-state index contributed by atoms with van der Waals surface area (Å²) in [6.45, 7) is 7.17. The van der Waals surface area contributed by atoms with Crippen molar-refractivity contribution in [3.05, 3.63) is 59.2 Å². The van der Waals surface area contributed by atoms with Gasteiger partial charge < -0.3 is 10.5 Å². The molecule has 0 aromatic heterocycles. The van der Waals surface area contributed by atoms with Crippen LogP contribution in [0, 0.1) is 6.92 Å². The maximum atomic E-state index is 6.21. The van der Waals surface area contributed by atoms with Gasteiger partial charge in [0.25, 0.3) is 0 Å². The van der Waals surface area contributed by atoms with Gasteiger partial charge in [-0.1, -0.05) is 44.2 Å². The lowest BCUT2D eigenvalue weighted by Gasteiger charge is -2.17. The van der Waals surface area contributed by atoms with Crippen LogP contribution in [-0.4, -0.2) is 6.54 Å². The van der Waals surface area contributed by atoms with Crippen LogP contribution >= 0.6 is 0 Å². The zero-order chi connectivity index (χ0) is 15.2. The van der Waals surface area contributed by atoms with Crippen LogP contribution in [0.1, 0.15) is 42.9 Å². The summed E-state index contributed by atoms with van der Waals surface area (Å²) in [5, 5.41) is 0. The highest BCUT2D eigenvalue weighted by Crippen LogP contribution is 2.33. The number of benzene rings is 2. The summed E-state index contributed by atoms with van der Waals surface area (Å²) in [4.78, 5) is 0. The third-order valence-electron chi connectivity index (χ3n) is 3.97. The number of para-hydroxylation sites is 1. The Morgan fingerprint density at radius 3 is 2.57 bits per heavy atom. The summed E-state index contributed by atoms with van der Waals surface area (Å²) in [7, 11) is 0. The predicted molar refractivity (Wildman–Crippen MR) is 89.2 cm³/mol. The third kappa shape index (κ3) is 3.85. The topological polar surface area (TPSA) is 35.2 Å². The summed E-state index contributed by atoms with van der Waals surface area (Å²) >= 11 is 0. The third-order valence-corrected chi connectivity index (χ3v) is 3.97. The van der Waals surface area contributed by atoms with Crippen LogP contribution in [0.3, 0.4) is 0 Å². The first-order valence-electron chi connectivity index (χ1n) is 7.72. The van der Waals surface area contributed by atoms with Gasteiger partial charge in [-0.25, -0.2) is 0 Å². The molecule has 1 atom stereocenters. The zero-order valence-electron chi connectivity index (χ0n) is 13.2. The van der Waals surface area contributed by atoms with Gasteiger partial charge in [-0.15, -0.1) is 0 Å². The van der Waals surface area contributed by atoms with Crippen molar-refractivity contribution in [2.75, 3.05) is 6.54 Å². The molecule has 2 nitrogen and oxygen atoms in total. The molecular weight excluding hydrogens is 258 g/mol. The number of ether oxygens (including phenoxy) is 1. The van der Waals surface area contributed by atoms with E-state index in [4.69, 9.17) is 10.5 Å². The van der Waals surface area contributed by atoms with Crippen molar-refractivity contribution < 1.29 is 4.74 Å². The second kappa shape index (κ2) is 7.28. The maximum Gasteiger partial charge on any atom is 0.130 e. The average molecular weight is 283 g/mol. The first-order valence-corrected chi connectivity index (χ1v) is 7.72. The second-order valence-corrected chi connectivity index (χ2v) is 5.59. The summed E-state index contributed by atoms with van der Waals surface area (Å²) in [6.07, 6.45) is 1.98. The number of rotatable bonds is 6. The summed E-state index contributed by atoms with van der Waals surface area (Å²) < 4.78 is 6.21. The Hall–Kier alpha value is -1.80. The fourth-order valence-electron chi connectivity index (χ4n) is 2.40. The predicted octanol–water partition coefficient (Wildman–Crippen LogP) is 4.80. The van der Waals surface area contributed by atoms with E-state index >= 15 is 0 Å². The molecule has 0 aliphatic carbocycles. The average Bonchev–Trinajstić information content (AvgIpc) is 2.50. The lowest BCUT2D eigenvalue weighted by atomic mass is 9.98. The Balaban J connectivity index is 2.32. The number of hydrogen-bond donors (Lipinski definition) is 1. The van der Waals surface area contributed by atoms with Gasteiger partial charge in [0.05, 0.1) is 0 Å². The van der Waals surface area contributed by atoms with Gasteiger partial charge in [0.1, 0.15) is 11.5 Å². The van der Waals surface area contributed by atoms with Crippen molar-refractivity contribution in [3.63, 3.8) is 0 Å². The number of aryl methyl sites for hydroxylation is 1. The summed E-state index contributed by atoms with van der Waals surface area (Å²) in [6, 6.07) is 14.6. The monoisotopic (exact) mass is 283 g/mol. The Bertz CT molecular complexity index is 592. The van der Waals surface area contributed by atoms with Gasteiger partial charge in [-0.05, 0) is 61.1 Å². The van der Waals surface area contributed by atoms with Crippen molar-refractivity contribution in [1.29, 1.82) is 0 Å². The van der Waals surface area contributed by atoms with Crippen LogP contribution in [0.15, 0.2) is 42.5 Å². The molecule has 0 aliphatic heterocycles. The van der Waals surface area contributed by atoms with E-state index < -0.39 is 0 Å². The molecule has 2 heteroatoms. The summed E-state index contributed by atoms with van der Waals surface area (Å²) in [5.74, 6) is 2.38. The lowest BCUT2D eigenvalue weighted by molar-refractivity contribution is 0.466. The Morgan fingerprint density at radius 2 is 1.86 bits per heavy atom. The number of nitrogens with two attached hydrogens (primary N) is 1. The molecule has 0 fully saturated rings. The SMILES string of the molecule is CCC(C)c1ccccc1Oc1cc(CCN)ccc1C. The minimum atomic E-state index is 0.494. The number of hydrogen-bond acceptors (Lipinski definition) is 2.